The summed E-state index contributed by atoms with van der Waals surface area (Å²) in [6.45, 7) is 5.81. The Bertz CT molecular complexity index is 373. The van der Waals surface area contributed by atoms with E-state index in [1.54, 1.807) is 0 Å². The second kappa shape index (κ2) is 5.61. The van der Waals surface area contributed by atoms with Gasteiger partial charge in [-0.2, -0.15) is 11.8 Å². The van der Waals surface area contributed by atoms with Gasteiger partial charge in [0.25, 0.3) is 0 Å². The summed E-state index contributed by atoms with van der Waals surface area (Å²) >= 11 is 1.89. The molecule has 0 radical (unpaired) electrons. The zero-order chi connectivity index (χ0) is 14.0. The Kier molecular flexibility index (Phi) is 4.28. The number of amides is 2. The van der Waals surface area contributed by atoms with Gasteiger partial charge in [0.05, 0.1) is 5.92 Å². The third kappa shape index (κ3) is 3.78. The van der Waals surface area contributed by atoms with Crippen molar-refractivity contribution in [3.63, 3.8) is 0 Å². The van der Waals surface area contributed by atoms with Gasteiger partial charge in [-0.25, -0.2) is 4.79 Å². The number of urea groups is 1. The first-order valence-corrected chi connectivity index (χ1v) is 7.78. The number of thioether (sulfide) groups is 1. The minimum absolute atomic E-state index is 0.0197. The van der Waals surface area contributed by atoms with Crippen LogP contribution in [0, 0.1) is 5.92 Å². The highest BCUT2D eigenvalue weighted by Gasteiger charge is 2.34. The van der Waals surface area contributed by atoms with Crippen molar-refractivity contribution in [3.8, 4) is 0 Å². The minimum Gasteiger partial charge on any atom is -0.481 e. The van der Waals surface area contributed by atoms with Crippen molar-refractivity contribution in [3.05, 3.63) is 0 Å². The molecular formula is C13H22N2O3S. The molecule has 1 heterocycles. The van der Waals surface area contributed by atoms with E-state index in [2.05, 4.69) is 19.2 Å². The van der Waals surface area contributed by atoms with Crippen molar-refractivity contribution in [2.45, 2.75) is 43.9 Å². The van der Waals surface area contributed by atoms with Gasteiger partial charge in [0.15, 0.2) is 0 Å². The van der Waals surface area contributed by atoms with Crippen LogP contribution in [0.15, 0.2) is 0 Å². The van der Waals surface area contributed by atoms with Crippen molar-refractivity contribution >= 4 is 23.8 Å². The Morgan fingerprint density at radius 3 is 2.68 bits per heavy atom. The molecule has 2 rings (SSSR count). The maximum Gasteiger partial charge on any atom is 0.317 e. The molecule has 1 aliphatic heterocycles. The molecule has 1 saturated carbocycles. The van der Waals surface area contributed by atoms with Gasteiger partial charge in [0.1, 0.15) is 0 Å². The van der Waals surface area contributed by atoms with Crippen LogP contribution in [0.3, 0.4) is 0 Å². The van der Waals surface area contributed by atoms with Gasteiger partial charge >= 0.3 is 12.0 Å². The number of hydrogen-bond donors (Lipinski definition) is 2. The predicted octanol–water partition coefficient (Wildman–Crippen LogP) is 1.78. The molecule has 1 aliphatic carbocycles. The second-order valence-electron chi connectivity index (χ2n) is 6.02. The van der Waals surface area contributed by atoms with Gasteiger partial charge in [0, 0.05) is 29.6 Å². The number of nitrogens with zero attached hydrogens (tertiary/aromatic N) is 1. The van der Waals surface area contributed by atoms with E-state index in [9.17, 15) is 9.59 Å². The SMILES string of the molecule is CC1(C)CN(C(=O)N[C@H]2CC[C@@H](C(=O)O)C2)CCS1. The van der Waals surface area contributed by atoms with E-state index < -0.39 is 5.97 Å². The standard InChI is InChI=1S/C13H22N2O3S/c1-13(2)8-15(5-6-19-13)12(18)14-10-4-3-9(7-10)11(16)17/h9-10H,3-8H2,1-2H3,(H,14,18)(H,16,17)/t9-,10+/m1/s1. The van der Waals surface area contributed by atoms with Crippen LogP contribution in [-0.4, -0.2) is 51.6 Å². The molecule has 0 aromatic heterocycles. The molecule has 5 nitrogen and oxygen atoms in total. The molecular weight excluding hydrogens is 264 g/mol. The molecule has 1 saturated heterocycles. The maximum atomic E-state index is 12.2. The minimum atomic E-state index is -0.743. The number of rotatable bonds is 2. The van der Waals surface area contributed by atoms with Gasteiger partial charge in [-0.3, -0.25) is 4.79 Å². The van der Waals surface area contributed by atoms with E-state index in [1.165, 1.54) is 0 Å². The quantitative estimate of drug-likeness (QED) is 0.812. The van der Waals surface area contributed by atoms with Crippen molar-refractivity contribution in [1.82, 2.24) is 10.2 Å². The Labute approximate surface area is 118 Å². The molecule has 0 aromatic rings. The van der Waals surface area contributed by atoms with E-state index in [4.69, 9.17) is 5.11 Å². The first kappa shape index (κ1) is 14.5. The highest BCUT2D eigenvalue weighted by Crippen LogP contribution is 2.30. The van der Waals surface area contributed by atoms with Crippen molar-refractivity contribution < 1.29 is 14.7 Å². The number of carbonyl (C=O) groups is 2. The number of carboxylic acids is 1. The van der Waals surface area contributed by atoms with Crippen LogP contribution in [0.1, 0.15) is 33.1 Å². The van der Waals surface area contributed by atoms with Crippen LogP contribution in [0.25, 0.3) is 0 Å². The lowest BCUT2D eigenvalue weighted by molar-refractivity contribution is -0.141. The van der Waals surface area contributed by atoms with Crippen LogP contribution >= 0.6 is 11.8 Å². The molecule has 19 heavy (non-hydrogen) atoms. The van der Waals surface area contributed by atoms with Crippen molar-refractivity contribution in [1.29, 1.82) is 0 Å². The molecule has 0 unspecified atom stereocenters. The van der Waals surface area contributed by atoms with E-state index in [0.717, 1.165) is 25.3 Å². The molecule has 2 fully saturated rings. The summed E-state index contributed by atoms with van der Waals surface area (Å²) in [5.41, 5.74) is 0. The zero-order valence-corrected chi connectivity index (χ0v) is 12.3. The normalized spacial score (nSPS) is 30.1. The summed E-state index contributed by atoms with van der Waals surface area (Å²) in [5, 5.41) is 11.9. The lowest BCUT2D eigenvalue weighted by Crippen LogP contribution is -2.51. The number of carbonyl (C=O) groups excluding carboxylic acids is 1. The monoisotopic (exact) mass is 286 g/mol. The van der Waals surface area contributed by atoms with E-state index >= 15 is 0 Å². The fourth-order valence-electron chi connectivity index (χ4n) is 2.79. The van der Waals surface area contributed by atoms with Crippen molar-refractivity contribution in [2.75, 3.05) is 18.8 Å². The van der Waals surface area contributed by atoms with Gasteiger partial charge < -0.3 is 15.3 Å². The number of aliphatic carboxylic acids is 1. The molecule has 2 aliphatic rings. The molecule has 6 heteroatoms. The average molecular weight is 286 g/mol. The van der Waals surface area contributed by atoms with E-state index in [1.807, 2.05) is 16.7 Å². The number of carboxylic acid groups (broad SMARTS) is 1. The number of nitrogens with one attached hydrogen (secondary N) is 1. The largest absolute Gasteiger partial charge is 0.481 e. The second-order valence-corrected chi connectivity index (χ2v) is 7.83. The fourth-order valence-corrected chi connectivity index (χ4v) is 3.90. The summed E-state index contributed by atoms with van der Waals surface area (Å²) in [6.07, 6.45) is 2.00. The van der Waals surface area contributed by atoms with E-state index in [0.29, 0.717) is 12.8 Å². The first-order valence-electron chi connectivity index (χ1n) is 6.79. The molecule has 2 atom stereocenters. The lowest BCUT2D eigenvalue weighted by Gasteiger charge is -2.37. The average Bonchev–Trinajstić information content (AvgIpc) is 2.76. The van der Waals surface area contributed by atoms with Crippen LogP contribution in [-0.2, 0) is 4.79 Å². The van der Waals surface area contributed by atoms with Crippen LogP contribution in [0.5, 0.6) is 0 Å². The summed E-state index contributed by atoms with van der Waals surface area (Å²) in [4.78, 5) is 24.9. The summed E-state index contributed by atoms with van der Waals surface area (Å²) in [5.74, 6) is -0.0750. The number of hydrogen-bond acceptors (Lipinski definition) is 3. The van der Waals surface area contributed by atoms with Crippen LogP contribution < -0.4 is 5.32 Å². The molecule has 0 aromatic carbocycles. The molecule has 2 amide bonds. The molecule has 0 bridgehead atoms. The Hall–Kier alpha value is -0.910. The highest BCUT2D eigenvalue weighted by molar-refractivity contribution is 8.00. The third-order valence-electron chi connectivity index (χ3n) is 3.82. The Morgan fingerprint density at radius 2 is 2.11 bits per heavy atom. The third-order valence-corrected chi connectivity index (χ3v) is 5.12. The molecule has 2 N–H and O–H groups in total. The summed E-state index contributed by atoms with van der Waals surface area (Å²) < 4.78 is 0.106. The lowest BCUT2D eigenvalue weighted by atomic mass is 10.1. The fraction of sp³-hybridized carbons (Fsp3) is 0.846. The molecule has 108 valence electrons. The Morgan fingerprint density at radius 1 is 1.37 bits per heavy atom. The van der Waals surface area contributed by atoms with Gasteiger partial charge in [-0.1, -0.05) is 0 Å². The topological polar surface area (TPSA) is 69.6 Å². The van der Waals surface area contributed by atoms with Gasteiger partial charge in [0.2, 0.25) is 0 Å². The highest BCUT2D eigenvalue weighted by atomic mass is 32.2. The maximum absolute atomic E-state index is 12.2. The summed E-state index contributed by atoms with van der Waals surface area (Å²) in [6, 6.07) is -0.0179. The Balaban J connectivity index is 1.83. The van der Waals surface area contributed by atoms with Crippen molar-refractivity contribution in [2.24, 2.45) is 5.92 Å². The van der Waals surface area contributed by atoms with Crippen LogP contribution in [0.4, 0.5) is 4.79 Å². The van der Waals surface area contributed by atoms with Gasteiger partial charge in [-0.15, -0.1) is 0 Å². The van der Waals surface area contributed by atoms with E-state index in [-0.39, 0.29) is 22.7 Å². The summed E-state index contributed by atoms with van der Waals surface area (Å²) in [7, 11) is 0. The first-order chi connectivity index (χ1) is 8.87. The van der Waals surface area contributed by atoms with Gasteiger partial charge in [-0.05, 0) is 33.1 Å². The molecule has 0 spiro atoms. The predicted molar refractivity (Wildman–Crippen MR) is 75.4 cm³/mol. The smallest absolute Gasteiger partial charge is 0.317 e. The zero-order valence-electron chi connectivity index (χ0n) is 11.5. The van der Waals surface area contributed by atoms with Crippen LogP contribution in [0.2, 0.25) is 0 Å².